The molecule has 0 spiro atoms. The topological polar surface area (TPSA) is 68.5 Å². The lowest BCUT2D eigenvalue weighted by Gasteiger charge is -2.20. The Bertz CT molecular complexity index is 569. The van der Waals surface area contributed by atoms with Crippen LogP contribution in [0.5, 0.6) is 0 Å². The maximum Gasteiger partial charge on any atom is 0.341 e. The Kier molecular flexibility index (Phi) is 4.01. The van der Waals surface area contributed by atoms with Gasteiger partial charge >= 0.3 is 5.97 Å². The predicted octanol–water partition coefficient (Wildman–Crippen LogP) is 2.15. The number of aromatic nitrogens is 1. The van der Waals surface area contributed by atoms with Gasteiger partial charge in [-0.3, -0.25) is 0 Å². The zero-order chi connectivity index (χ0) is 13.8. The Balaban J connectivity index is 2.30. The van der Waals surface area contributed by atoms with E-state index in [9.17, 15) is 4.79 Å². The summed E-state index contributed by atoms with van der Waals surface area (Å²) < 4.78 is 4.76. The molecule has 2 aromatic rings. The number of pyridine rings is 1. The third kappa shape index (κ3) is 3.03. The molecule has 0 aliphatic carbocycles. The van der Waals surface area contributed by atoms with Gasteiger partial charge in [-0.1, -0.05) is 0 Å². The van der Waals surface area contributed by atoms with E-state index in [0.717, 1.165) is 0 Å². The molecule has 0 saturated carbocycles. The number of thiophene rings is 1. The van der Waals surface area contributed by atoms with E-state index in [1.54, 1.807) is 17.4 Å². The van der Waals surface area contributed by atoms with Crippen molar-refractivity contribution in [2.24, 2.45) is 0 Å². The average molecular weight is 277 g/mol. The normalized spacial score (nSPS) is 10.2. The minimum Gasteiger partial charge on any atom is -0.465 e. The third-order valence-electron chi connectivity index (χ3n) is 2.65. The van der Waals surface area contributed by atoms with Gasteiger partial charge in [-0.25, -0.2) is 9.78 Å². The fourth-order valence-electron chi connectivity index (χ4n) is 1.77. The molecule has 0 fully saturated rings. The van der Waals surface area contributed by atoms with Gasteiger partial charge in [0.25, 0.3) is 0 Å². The van der Waals surface area contributed by atoms with Crippen molar-refractivity contribution in [2.75, 3.05) is 24.8 Å². The van der Waals surface area contributed by atoms with Gasteiger partial charge < -0.3 is 15.4 Å². The lowest BCUT2D eigenvalue weighted by atomic mass is 10.2. The molecule has 2 aromatic heterocycles. The van der Waals surface area contributed by atoms with Crippen molar-refractivity contribution < 1.29 is 9.53 Å². The van der Waals surface area contributed by atoms with Gasteiger partial charge in [0.05, 0.1) is 19.0 Å². The number of carbonyl (C=O) groups is 1. The first-order valence-electron chi connectivity index (χ1n) is 5.68. The van der Waals surface area contributed by atoms with Gasteiger partial charge in [-0.05, 0) is 28.5 Å². The van der Waals surface area contributed by atoms with Crippen molar-refractivity contribution in [2.45, 2.75) is 6.54 Å². The van der Waals surface area contributed by atoms with Crippen LogP contribution in [0.3, 0.4) is 0 Å². The predicted molar refractivity (Wildman–Crippen MR) is 76.4 cm³/mol. The van der Waals surface area contributed by atoms with Gasteiger partial charge in [-0.2, -0.15) is 11.3 Å². The van der Waals surface area contributed by atoms with Crippen LogP contribution in [0.4, 0.5) is 11.5 Å². The smallest absolute Gasteiger partial charge is 0.341 e. The number of ether oxygens (including phenoxy) is 1. The molecule has 0 saturated heterocycles. The molecule has 19 heavy (non-hydrogen) atoms. The first-order valence-corrected chi connectivity index (χ1v) is 6.62. The largest absolute Gasteiger partial charge is 0.465 e. The second-order valence-electron chi connectivity index (χ2n) is 4.12. The summed E-state index contributed by atoms with van der Waals surface area (Å²) in [5, 5.41) is 4.08. The highest BCUT2D eigenvalue weighted by atomic mass is 32.1. The standard InChI is InChI=1S/C13H15N3O2S/c1-16(7-9-3-4-19-8-9)12-11(13(17)18-2)5-10(14)6-15-12/h3-6,8H,7,14H2,1-2H3. The molecule has 5 nitrogen and oxygen atoms in total. The molecule has 6 heteroatoms. The van der Waals surface area contributed by atoms with Gasteiger partial charge in [0, 0.05) is 13.6 Å². The second kappa shape index (κ2) is 5.71. The number of methoxy groups -OCH3 is 1. The summed E-state index contributed by atoms with van der Waals surface area (Å²) >= 11 is 1.64. The van der Waals surface area contributed by atoms with Crippen LogP contribution in [0, 0.1) is 0 Å². The van der Waals surface area contributed by atoms with Crippen LogP contribution < -0.4 is 10.6 Å². The Labute approximate surface area is 115 Å². The third-order valence-corrected chi connectivity index (χ3v) is 3.39. The highest BCUT2D eigenvalue weighted by Crippen LogP contribution is 2.22. The summed E-state index contributed by atoms with van der Waals surface area (Å²) in [7, 11) is 3.22. The number of rotatable bonds is 4. The first kappa shape index (κ1) is 13.4. The number of hydrogen-bond acceptors (Lipinski definition) is 6. The Morgan fingerprint density at radius 1 is 1.58 bits per heavy atom. The number of nitrogen functional groups attached to an aromatic ring is 1. The van der Waals surface area contributed by atoms with Crippen LogP contribution in [0.1, 0.15) is 15.9 Å². The minimum atomic E-state index is -0.438. The molecular weight excluding hydrogens is 262 g/mol. The Morgan fingerprint density at radius 3 is 3.00 bits per heavy atom. The van der Waals surface area contributed by atoms with Crippen molar-refractivity contribution in [1.29, 1.82) is 0 Å². The van der Waals surface area contributed by atoms with E-state index in [1.807, 2.05) is 23.4 Å². The zero-order valence-corrected chi connectivity index (χ0v) is 11.6. The number of anilines is 2. The van der Waals surface area contributed by atoms with Crippen LogP contribution in [0.2, 0.25) is 0 Å². The lowest BCUT2D eigenvalue weighted by molar-refractivity contribution is 0.0601. The van der Waals surface area contributed by atoms with E-state index < -0.39 is 5.97 Å². The van der Waals surface area contributed by atoms with E-state index in [2.05, 4.69) is 10.4 Å². The van der Waals surface area contributed by atoms with Gasteiger partial charge in [0.2, 0.25) is 0 Å². The van der Waals surface area contributed by atoms with Crippen LogP contribution in [-0.2, 0) is 11.3 Å². The fraction of sp³-hybridized carbons (Fsp3) is 0.231. The van der Waals surface area contributed by atoms with E-state index in [1.165, 1.54) is 18.9 Å². The Morgan fingerprint density at radius 2 is 2.37 bits per heavy atom. The summed E-state index contributed by atoms with van der Waals surface area (Å²) in [6, 6.07) is 3.62. The lowest BCUT2D eigenvalue weighted by Crippen LogP contribution is -2.21. The fourth-order valence-corrected chi connectivity index (χ4v) is 2.43. The minimum absolute atomic E-state index is 0.375. The molecule has 0 aliphatic heterocycles. The van der Waals surface area contributed by atoms with Gasteiger partial charge in [0.1, 0.15) is 11.4 Å². The average Bonchev–Trinajstić information content (AvgIpc) is 2.90. The van der Waals surface area contributed by atoms with Crippen LogP contribution in [-0.4, -0.2) is 25.1 Å². The molecule has 0 atom stereocenters. The van der Waals surface area contributed by atoms with E-state index in [-0.39, 0.29) is 0 Å². The molecule has 0 bridgehead atoms. The molecule has 0 radical (unpaired) electrons. The zero-order valence-electron chi connectivity index (χ0n) is 10.8. The second-order valence-corrected chi connectivity index (χ2v) is 4.90. The molecule has 100 valence electrons. The quantitative estimate of drug-likeness (QED) is 0.867. The summed E-state index contributed by atoms with van der Waals surface area (Å²) in [5.41, 5.74) is 7.65. The summed E-state index contributed by atoms with van der Waals surface area (Å²) in [6.45, 7) is 0.671. The summed E-state index contributed by atoms with van der Waals surface area (Å²) in [5.74, 6) is 0.124. The van der Waals surface area contributed by atoms with E-state index in [4.69, 9.17) is 10.5 Å². The number of nitrogens with two attached hydrogens (primary N) is 1. The monoisotopic (exact) mass is 277 g/mol. The molecule has 0 amide bonds. The maximum absolute atomic E-state index is 11.8. The number of esters is 1. The molecule has 0 aromatic carbocycles. The molecule has 2 heterocycles. The molecule has 0 aliphatic rings. The first-order chi connectivity index (χ1) is 9.11. The van der Waals surface area contributed by atoms with E-state index in [0.29, 0.717) is 23.6 Å². The molecule has 2 N–H and O–H groups in total. The Hall–Kier alpha value is -2.08. The summed E-state index contributed by atoms with van der Waals surface area (Å²) in [6.07, 6.45) is 1.53. The van der Waals surface area contributed by atoms with Crippen molar-refractivity contribution in [3.63, 3.8) is 0 Å². The van der Waals surface area contributed by atoms with Crippen molar-refractivity contribution in [3.8, 4) is 0 Å². The summed E-state index contributed by atoms with van der Waals surface area (Å²) in [4.78, 5) is 17.9. The van der Waals surface area contributed by atoms with E-state index >= 15 is 0 Å². The highest BCUT2D eigenvalue weighted by molar-refractivity contribution is 7.07. The van der Waals surface area contributed by atoms with Crippen molar-refractivity contribution in [3.05, 3.63) is 40.2 Å². The van der Waals surface area contributed by atoms with Crippen LogP contribution >= 0.6 is 11.3 Å². The van der Waals surface area contributed by atoms with Gasteiger partial charge in [-0.15, -0.1) is 0 Å². The van der Waals surface area contributed by atoms with Gasteiger partial charge in [0.15, 0.2) is 0 Å². The molecular formula is C13H15N3O2S. The number of hydrogen-bond donors (Lipinski definition) is 1. The van der Waals surface area contributed by atoms with Crippen molar-refractivity contribution >= 4 is 28.8 Å². The van der Waals surface area contributed by atoms with Crippen molar-refractivity contribution in [1.82, 2.24) is 4.98 Å². The van der Waals surface area contributed by atoms with Crippen LogP contribution in [0.25, 0.3) is 0 Å². The SMILES string of the molecule is COC(=O)c1cc(N)cnc1N(C)Cc1ccsc1. The highest BCUT2D eigenvalue weighted by Gasteiger charge is 2.17. The number of carbonyl (C=O) groups excluding carboxylic acids is 1. The molecule has 0 unspecified atom stereocenters. The number of nitrogens with zero attached hydrogens (tertiary/aromatic N) is 2. The maximum atomic E-state index is 11.8. The molecule has 2 rings (SSSR count). The van der Waals surface area contributed by atoms with Crippen LogP contribution in [0.15, 0.2) is 29.1 Å².